The van der Waals surface area contributed by atoms with Crippen molar-refractivity contribution >= 4 is 5.69 Å². The number of ether oxygens (including phenoxy) is 1. The highest BCUT2D eigenvalue weighted by Crippen LogP contribution is 2.27. The summed E-state index contributed by atoms with van der Waals surface area (Å²) in [5.41, 5.74) is 7.10. The molecular weight excluding hydrogens is 219 g/mol. The van der Waals surface area contributed by atoms with Crippen LogP contribution in [0.5, 0.6) is 5.75 Å². The van der Waals surface area contributed by atoms with Gasteiger partial charge in [-0.05, 0) is 36.8 Å². The molecular formula is C13H13FN2O. The first kappa shape index (κ1) is 11.4. The number of anilines is 1. The van der Waals surface area contributed by atoms with E-state index in [2.05, 4.69) is 4.98 Å². The Hall–Kier alpha value is -2.10. The molecule has 0 saturated carbocycles. The Bertz CT molecular complexity index is 502. The maximum atomic E-state index is 13.1. The largest absolute Gasteiger partial charge is 0.484 e. The minimum atomic E-state index is -0.365. The molecule has 1 heterocycles. The molecule has 17 heavy (non-hydrogen) atoms. The van der Waals surface area contributed by atoms with E-state index in [1.54, 1.807) is 12.4 Å². The van der Waals surface area contributed by atoms with E-state index in [0.717, 1.165) is 5.56 Å². The molecule has 3 nitrogen and oxygen atoms in total. The number of rotatable bonds is 3. The Morgan fingerprint density at radius 3 is 2.65 bits per heavy atom. The lowest BCUT2D eigenvalue weighted by Crippen LogP contribution is -2.05. The molecule has 0 spiro atoms. The highest BCUT2D eigenvalue weighted by molar-refractivity contribution is 5.52. The van der Waals surface area contributed by atoms with E-state index in [0.29, 0.717) is 11.4 Å². The van der Waals surface area contributed by atoms with Crippen LogP contribution in [0.1, 0.15) is 18.6 Å². The minimum Gasteiger partial charge on any atom is -0.484 e. The van der Waals surface area contributed by atoms with Gasteiger partial charge in [0.05, 0.1) is 5.69 Å². The zero-order valence-electron chi connectivity index (χ0n) is 9.43. The predicted octanol–water partition coefficient (Wildman–Crippen LogP) is 2.94. The van der Waals surface area contributed by atoms with E-state index >= 15 is 0 Å². The summed E-state index contributed by atoms with van der Waals surface area (Å²) in [6.07, 6.45) is 3.16. The summed E-state index contributed by atoms with van der Waals surface area (Å²) in [4.78, 5) is 3.93. The SMILES string of the molecule is CC(Oc1cc(F)ccc1N)c1ccncc1. The molecule has 2 aromatic rings. The van der Waals surface area contributed by atoms with E-state index in [1.165, 1.54) is 18.2 Å². The maximum absolute atomic E-state index is 13.1. The number of nitrogens with zero attached hydrogens (tertiary/aromatic N) is 1. The molecule has 0 saturated heterocycles. The fourth-order valence-corrected chi connectivity index (χ4v) is 1.50. The van der Waals surface area contributed by atoms with Gasteiger partial charge in [-0.25, -0.2) is 4.39 Å². The van der Waals surface area contributed by atoms with Crippen LogP contribution in [0.15, 0.2) is 42.7 Å². The molecule has 0 aliphatic carbocycles. The summed E-state index contributed by atoms with van der Waals surface area (Å²) in [5.74, 6) is -0.00885. The van der Waals surface area contributed by atoms with Crippen molar-refractivity contribution in [3.8, 4) is 5.75 Å². The Morgan fingerprint density at radius 2 is 1.94 bits per heavy atom. The second kappa shape index (κ2) is 4.82. The van der Waals surface area contributed by atoms with Crippen LogP contribution < -0.4 is 10.5 Å². The van der Waals surface area contributed by atoms with Crippen molar-refractivity contribution in [2.24, 2.45) is 0 Å². The molecule has 0 fully saturated rings. The Morgan fingerprint density at radius 1 is 1.24 bits per heavy atom. The van der Waals surface area contributed by atoms with E-state index in [4.69, 9.17) is 10.5 Å². The lowest BCUT2D eigenvalue weighted by atomic mass is 10.2. The highest BCUT2D eigenvalue weighted by atomic mass is 19.1. The summed E-state index contributed by atoms with van der Waals surface area (Å²) in [6, 6.07) is 7.77. The van der Waals surface area contributed by atoms with Gasteiger partial charge in [-0.1, -0.05) is 0 Å². The summed E-state index contributed by atoms with van der Waals surface area (Å²) in [7, 11) is 0. The monoisotopic (exact) mass is 232 g/mol. The molecule has 1 aromatic carbocycles. The minimum absolute atomic E-state index is 0.206. The second-order valence-corrected chi connectivity index (χ2v) is 3.72. The zero-order valence-corrected chi connectivity index (χ0v) is 9.43. The van der Waals surface area contributed by atoms with Gasteiger partial charge < -0.3 is 10.5 Å². The summed E-state index contributed by atoms with van der Waals surface area (Å²) in [6.45, 7) is 1.87. The zero-order chi connectivity index (χ0) is 12.3. The van der Waals surface area contributed by atoms with Crippen LogP contribution in [-0.2, 0) is 0 Å². The summed E-state index contributed by atoms with van der Waals surface area (Å²) in [5, 5.41) is 0. The number of benzene rings is 1. The fourth-order valence-electron chi connectivity index (χ4n) is 1.50. The Labute approximate surface area is 99.1 Å². The topological polar surface area (TPSA) is 48.1 Å². The predicted molar refractivity (Wildman–Crippen MR) is 64.1 cm³/mol. The first-order chi connectivity index (χ1) is 8.16. The molecule has 0 radical (unpaired) electrons. The molecule has 88 valence electrons. The second-order valence-electron chi connectivity index (χ2n) is 3.72. The van der Waals surface area contributed by atoms with Crippen molar-refractivity contribution in [3.63, 3.8) is 0 Å². The third-order valence-electron chi connectivity index (χ3n) is 2.45. The molecule has 0 bridgehead atoms. The van der Waals surface area contributed by atoms with Crippen LogP contribution in [0.4, 0.5) is 10.1 Å². The number of aromatic nitrogens is 1. The molecule has 2 N–H and O–H groups in total. The molecule has 1 aromatic heterocycles. The molecule has 0 aliphatic heterocycles. The molecule has 0 aliphatic rings. The van der Waals surface area contributed by atoms with Crippen LogP contribution in [0.2, 0.25) is 0 Å². The van der Waals surface area contributed by atoms with Crippen LogP contribution >= 0.6 is 0 Å². The molecule has 4 heteroatoms. The number of nitrogens with two attached hydrogens (primary N) is 1. The van der Waals surface area contributed by atoms with Crippen LogP contribution in [0, 0.1) is 5.82 Å². The van der Waals surface area contributed by atoms with Gasteiger partial charge in [-0.15, -0.1) is 0 Å². The van der Waals surface area contributed by atoms with Gasteiger partial charge in [0, 0.05) is 18.5 Å². The van der Waals surface area contributed by atoms with Gasteiger partial charge in [0.1, 0.15) is 17.7 Å². The molecule has 1 atom stereocenters. The van der Waals surface area contributed by atoms with Crippen molar-refractivity contribution in [2.75, 3.05) is 5.73 Å². The van der Waals surface area contributed by atoms with Gasteiger partial charge in [0.25, 0.3) is 0 Å². The van der Waals surface area contributed by atoms with Crippen molar-refractivity contribution in [1.82, 2.24) is 4.98 Å². The van der Waals surface area contributed by atoms with Gasteiger partial charge in [-0.2, -0.15) is 0 Å². The Kier molecular flexibility index (Phi) is 3.23. The average molecular weight is 232 g/mol. The number of pyridine rings is 1. The van der Waals surface area contributed by atoms with Gasteiger partial charge in [0.2, 0.25) is 0 Å². The van der Waals surface area contributed by atoms with E-state index in [9.17, 15) is 4.39 Å². The molecule has 2 rings (SSSR count). The van der Waals surface area contributed by atoms with E-state index < -0.39 is 0 Å². The molecule has 0 amide bonds. The fraction of sp³-hybridized carbons (Fsp3) is 0.154. The standard InChI is InChI=1S/C13H13FN2O/c1-9(10-4-6-16-7-5-10)17-13-8-11(14)2-3-12(13)15/h2-9H,15H2,1H3. The summed E-state index contributed by atoms with van der Waals surface area (Å²) >= 11 is 0. The third-order valence-corrected chi connectivity index (χ3v) is 2.45. The number of hydrogen-bond acceptors (Lipinski definition) is 3. The van der Waals surface area contributed by atoms with E-state index in [1.807, 2.05) is 19.1 Å². The maximum Gasteiger partial charge on any atom is 0.146 e. The van der Waals surface area contributed by atoms with Crippen LogP contribution in [0.3, 0.4) is 0 Å². The smallest absolute Gasteiger partial charge is 0.146 e. The quantitative estimate of drug-likeness (QED) is 0.828. The Balaban J connectivity index is 2.18. The third kappa shape index (κ3) is 2.72. The first-order valence-corrected chi connectivity index (χ1v) is 5.28. The summed E-state index contributed by atoms with van der Waals surface area (Å²) < 4.78 is 18.7. The van der Waals surface area contributed by atoms with Crippen LogP contribution in [0.25, 0.3) is 0 Å². The molecule has 1 unspecified atom stereocenters. The number of nitrogen functional groups attached to an aromatic ring is 1. The average Bonchev–Trinajstić information content (AvgIpc) is 2.35. The van der Waals surface area contributed by atoms with Gasteiger partial charge in [-0.3, -0.25) is 4.98 Å². The van der Waals surface area contributed by atoms with E-state index in [-0.39, 0.29) is 11.9 Å². The highest BCUT2D eigenvalue weighted by Gasteiger charge is 2.09. The first-order valence-electron chi connectivity index (χ1n) is 5.28. The lowest BCUT2D eigenvalue weighted by molar-refractivity contribution is 0.227. The van der Waals surface area contributed by atoms with Crippen LogP contribution in [-0.4, -0.2) is 4.98 Å². The normalized spacial score (nSPS) is 12.1. The number of halogens is 1. The van der Waals surface area contributed by atoms with Crippen molar-refractivity contribution in [3.05, 3.63) is 54.1 Å². The van der Waals surface area contributed by atoms with Gasteiger partial charge >= 0.3 is 0 Å². The van der Waals surface area contributed by atoms with Gasteiger partial charge in [0.15, 0.2) is 0 Å². The van der Waals surface area contributed by atoms with Crippen molar-refractivity contribution < 1.29 is 9.13 Å². The number of hydrogen-bond donors (Lipinski definition) is 1. The van der Waals surface area contributed by atoms with Crippen molar-refractivity contribution in [2.45, 2.75) is 13.0 Å². The lowest BCUT2D eigenvalue weighted by Gasteiger charge is -2.16. The van der Waals surface area contributed by atoms with Crippen molar-refractivity contribution in [1.29, 1.82) is 0 Å².